The van der Waals surface area contributed by atoms with Crippen molar-refractivity contribution >= 4 is 0 Å². The van der Waals surface area contributed by atoms with E-state index in [1.54, 1.807) is 0 Å². The molecule has 1 fully saturated rings. The van der Waals surface area contributed by atoms with Gasteiger partial charge in [-0.15, -0.1) is 0 Å². The Morgan fingerprint density at radius 3 is 2.73 bits per heavy atom. The van der Waals surface area contributed by atoms with Crippen LogP contribution in [0.5, 0.6) is 0 Å². The van der Waals surface area contributed by atoms with Crippen LogP contribution in [0.25, 0.3) is 0 Å². The normalized spacial score (nSPS) is 23.0. The summed E-state index contributed by atoms with van der Waals surface area (Å²) in [6.07, 6.45) is -0.0950. The Morgan fingerprint density at radius 2 is 2.20 bits per heavy atom. The lowest BCUT2D eigenvalue weighted by Gasteiger charge is -2.20. The summed E-state index contributed by atoms with van der Waals surface area (Å²) in [5, 5.41) is 7.20. The number of nitrogens with one attached hydrogen (secondary N) is 1. The van der Waals surface area contributed by atoms with Crippen LogP contribution in [0.15, 0.2) is 4.52 Å². The quantitative estimate of drug-likeness (QED) is 0.751. The van der Waals surface area contributed by atoms with Gasteiger partial charge >= 0.3 is 0 Å². The molecule has 1 aromatic heterocycles. The molecule has 0 saturated carbocycles. The van der Waals surface area contributed by atoms with Gasteiger partial charge in [-0.1, -0.05) is 25.9 Å². The fraction of sp³-hybridized carbons (Fsp3) is 0.800. The maximum absolute atomic E-state index is 5.53. The van der Waals surface area contributed by atoms with Crippen molar-refractivity contribution in [3.63, 3.8) is 0 Å². The second kappa shape index (κ2) is 3.90. The maximum Gasteiger partial charge on any atom is 0.257 e. The Kier molecular flexibility index (Phi) is 2.75. The second-order valence-electron chi connectivity index (χ2n) is 4.77. The topological polar surface area (TPSA) is 60.2 Å². The molecule has 2 heterocycles. The van der Waals surface area contributed by atoms with Gasteiger partial charge in [0.25, 0.3) is 5.89 Å². The molecule has 1 atom stereocenters. The van der Waals surface area contributed by atoms with Crippen molar-refractivity contribution in [2.24, 2.45) is 0 Å². The predicted octanol–water partition coefficient (Wildman–Crippen LogP) is 1.03. The first-order chi connectivity index (χ1) is 7.07. The minimum absolute atomic E-state index is 0.0795. The van der Waals surface area contributed by atoms with E-state index >= 15 is 0 Å². The molecule has 5 nitrogen and oxygen atoms in total. The molecule has 1 aromatic rings. The number of hydrogen-bond donors (Lipinski definition) is 1. The average Bonchev–Trinajstić information content (AvgIpc) is 2.67. The highest BCUT2D eigenvalue weighted by atomic mass is 16.5. The lowest BCUT2D eigenvalue weighted by atomic mass is 9.96. The van der Waals surface area contributed by atoms with Crippen molar-refractivity contribution in [3.8, 4) is 0 Å². The first-order valence-corrected chi connectivity index (χ1v) is 5.24. The number of aromatic nitrogens is 2. The van der Waals surface area contributed by atoms with Crippen LogP contribution in [0, 0.1) is 0 Å². The molecule has 0 bridgehead atoms. The lowest BCUT2D eigenvalue weighted by Crippen LogP contribution is -2.33. The highest BCUT2D eigenvalue weighted by molar-refractivity contribution is 5.01. The first kappa shape index (κ1) is 10.6. The molecule has 84 valence electrons. The molecule has 1 aliphatic heterocycles. The van der Waals surface area contributed by atoms with E-state index in [1.165, 1.54) is 0 Å². The van der Waals surface area contributed by atoms with E-state index < -0.39 is 0 Å². The number of rotatable bonds is 1. The monoisotopic (exact) mass is 211 g/mol. The van der Waals surface area contributed by atoms with Crippen LogP contribution in [-0.4, -0.2) is 29.8 Å². The highest BCUT2D eigenvalue weighted by Crippen LogP contribution is 2.22. The number of ether oxygens (including phenoxy) is 1. The van der Waals surface area contributed by atoms with Crippen molar-refractivity contribution in [1.29, 1.82) is 0 Å². The minimum atomic E-state index is -0.0950. The molecule has 0 spiro atoms. The van der Waals surface area contributed by atoms with Crippen LogP contribution < -0.4 is 5.32 Å². The van der Waals surface area contributed by atoms with E-state index in [0.717, 1.165) is 18.9 Å². The Morgan fingerprint density at radius 1 is 1.40 bits per heavy atom. The summed E-state index contributed by atoms with van der Waals surface area (Å²) in [4.78, 5) is 4.36. The summed E-state index contributed by atoms with van der Waals surface area (Å²) in [6.45, 7) is 8.49. The first-order valence-electron chi connectivity index (χ1n) is 5.24. The molecular formula is C10H17N3O2. The molecule has 0 aromatic carbocycles. The molecule has 0 unspecified atom stereocenters. The molecule has 1 N–H and O–H groups in total. The van der Waals surface area contributed by atoms with Gasteiger partial charge in [0, 0.05) is 18.5 Å². The Labute approximate surface area is 89.2 Å². The van der Waals surface area contributed by atoms with E-state index in [9.17, 15) is 0 Å². The zero-order valence-electron chi connectivity index (χ0n) is 9.41. The molecule has 0 aliphatic carbocycles. The van der Waals surface area contributed by atoms with Crippen LogP contribution >= 0.6 is 0 Å². The van der Waals surface area contributed by atoms with Crippen molar-refractivity contribution in [2.45, 2.75) is 32.3 Å². The summed E-state index contributed by atoms with van der Waals surface area (Å²) < 4.78 is 10.7. The molecule has 0 radical (unpaired) electrons. The predicted molar refractivity (Wildman–Crippen MR) is 54.6 cm³/mol. The number of morpholine rings is 1. The minimum Gasteiger partial charge on any atom is -0.366 e. The third kappa shape index (κ3) is 2.35. The Bertz CT molecular complexity index is 324. The number of hydrogen-bond acceptors (Lipinski definition) is 5. The van der Waals surface area contributed by atoms with E-state index in [4.69, 9.17) is 9.26 Å². The lowest BCUT2D eigenvalue weighted by molar-refractivity contribution is 0.00755. The van der Waals surface area contributed by atoms with Crippen molar-refractivity contribution in [2.75, 3.05) is 19.7 Å². The van der Waals surface area contributed by atoms with Crippen LogP contribution in [0.2, 0.25) is 0 Å². The Hall–Kier alpha value is -0.940. The van der Waals surface area contributed by atoms with Gasteiger partial charge in [0.1, 0.15) is 6.10 Å². The van der Waals surface area contributed by atoms with Gasteiger partial charge in [-0.2, -0.15) is 4.98 Å². The summed E-state index contributed by atoms with van der Waals surface area (Å²) >= 11 is 0. The smallest absolute Gasteiger partial charge is 0.257 e. The van der Waals surface area contributed by atoms with Crippen LogP contribution in [0.3, 0.4) is 0 Å². The molecule has 0 amide bonds. The molecule has 15 heavy (non-hydrogen) atoms. The zero-order chi connectivity index (χ0) is 10.9. The summed E-state index contributed by atoms with van der Waals surface area (Å²) in [5.74, 6) is 1.30. The Balaban J connectivity index is 2.12. The number of nitrogens with zero attached hydrogens (tertiary/aromatic N) is 2. The van der Waals surface area contributed by atoms with Gasteiger partial charge < -0.3 is 14.6 Å². The van der Waals surface area contributed by atoms with E-state index in [-0.39, 0.29) is 11.5 Å². The van der Waals surface area contributed by atoms with Gasteiger partial charge in [-0.25, -0.2) is 0 Å². The SMILES string of the molecule is CC(C)(C)c1noc([C@@H]2CNCCO2)n1. The van der Waals surface area contributed by atoms with Gasteiger partial charge in [-0.05, 0) is 0 Å². The van der Waals surface area contributed by atoms with Crippen molar-refractivity contribution < 1.29 is 9.26 Å². The molecule has 2 rings (SSSR count). The summed E-state index contributed by atoms with van der Waals surface area (Å²) in [6, 6.07) is 0. The van der Waals surface area contributed by atoms with Crippen LogP contribution in [-0.2, 0) is 10.2 Å². The van der Waals surface area contributed by atoms with E-state index in [2.05, 4.69) is 36.2 Å². The largest absolute Gasteiger partial charge is 0.366 e. The standard InChI is InChI=1S/C10H17N3O2/c1-10(2,3)9-12-8(15-13-9)7-6-11-4-5-14-7/h7,11H,4-6H2,1-3H3/t7-/m0/s1. The van der Waals surface area contributed by atoms with Crippen LogP contribution in [0.1, 0.15) is 38.6 Å². The highest BCUT2D eigenvalue weighted by Gasteiger charge is 2.26. The van der Waals surface area contributed by atoms with Gasteiger partial charge in [0.15, 0.2) is 5.82 Å². The van der Waals surface area contributed by atoms with Crippen molar-refractivity contribution in [3.05, 3.63) is 11.7 Å². The summed E-state index contributed by atoms with van der Waals surface area (Å²) in [7, 11) is 0. The molecular weight excluding hydrogens is 194 g/mol. The van der Waals surface area contributed by atoms with Gasteiger partial charge in [-0.3, -0.25) is 0 Å². The molecule has 1 saturated heterocycles. The average molecular weight is 211 g/mol. The van der Waals surface area contributed by atoms with Gasteiger partial charge in [0.2, 0.25) is 0 Å². The molecule has 1 aliphatic rings. The fourth-order valence-electron chi connectivity index (χ4n) is 1.39. The van der Waals surface area contributed by atoms with E-state index in [0.29, 0.717) is 12.5 Å². The zero-order valence-corrected chi connectivity index (χ0v) is 9.41. The fourth-order valence-corrected chi connectivity index (χ4v) is 1.39. The summed E-state index contributed by atoms with van der Waals surface area (Å²) in [5.41, 5.74) is -0.0795. The third-order valence-corrected chi connectivity index (χ3v) is 2.32. The van der Waals surface area contributed by atoms with Crippen molar-refractivity contribution in [1.82, 2.24) is 15.5 Å². The molecule has 5 heteroatoms. The third-order valence-electron chi connectivity index (χ3n) is 2.32. The second-order valence-corrected chi connectivity index (χ2v) is 4.77. The van der Waals surface area contributed by atoms with Gasteiger partial charge in [0.05, 0.1) is 6.61 Å². The van der Waals surface area contributed by atoms with E-state index in [1.807, 2.05) is 0 Å². The van der Waals surface area contributed by atoms with Crippen LogP contribution in [0.4, 0.5) is 0 Å². The maximum atomic E-state index is 5.53.